The predicted octanol–water partition coefficient (Wildman–Crippen LogP) is 2.68. The Morgan fingerprint density at radius 2 is 2.05 bits per heavy atom. The normalized spacial score (nSPS) is 11.4. The van der Waals surface area contributed by atoms with Crippen molar-refractivity contribution in [1.29, 1.82) is 0 Å². The molecule has 0 unspecified atom stereocenters. The zero-order valence-corrected chi connectivity index (χ0v) is 12.4. The molecule has 21 heavy (non-hydrogen) atoms. The highest BCUT2D eigenvalue weighted by molar-refractivity contribution is 5.83. The van der Waals surface area contributed by atoms with Gasteiger partial charge in [-0.2, -0.15) is 0 Å². The fraction of sp³-hybridized carbons (Fsp3) is 0.333. The lowest BCUT2D eigenvalue weighted by atomic mass is 10.2. The summed E-state index contributed by atoms with van der Waals surface area (Å²) in [5.74, 6) is 2.14. The molecule has 0 fully saturated rings. The first-order valence-corrected chi connectivity index (χ1v) is 7.07. The van der Waals surface area contributed by atoms with Gasteiger partial charge in [-0.05, 0) is 18.6 Å². The highest BCUT2D eigenvalue weighted by atomic mass is 15.1. The maximum absolute atomic E-state index is 6.03. The number of hydrogen-bond donors (Lipinski definition) is 2. The van der Waals surface area contributed by atoms with Crippen LogP contribution in [0.3, 0.4) is 0 Å². The van der Waals surface area contributed by atoms with Gasteiger partial charge < -0.3 is 10.7 Å². The second kappa shape index (κ2) is 5.12. The Labute approximate surface area is 122 Å². The summed E-state index contributed by atoms with van der Waals surface area (Å²) in [5, 5.41) is 0. The second-order valence-electron chi connectivity index (χ2n) is 5.30. The quantitative estimate of drug-likeness (QED) is 0.770. The largest absolute Gasteiger partial charge is 0.382 e. The molecule has 0 aliphatic rings. The standard InChI is InChI=1S/C15H18N6/c1-4-10-7-9(5-6-17-10)14-19-12(16)11-15(21-14)20-13(18-11)8(2)3/h5-8H,4H2,1-3H3,(H3,16,18,19,20,21). The van der Waals surface area contributed by atoms with Crippen molar-refractivity contribution in [3.05, 3.63) is 29.8 Å². The zero-order valence-electron chi connectivity index (χ0n) is 12.4. The Kier molecular flexibility index (Phi) is 3.29. The number of pyridine rings is 1. The van der Waals surface area contributed by atoms with E-state index in [4.69, 9.17) is 5.73 Å². The highest BCUT2D eigenvalue weighted by Crippen LogP contribution is 2.23. The zero-order chi connectivity index (χ0) is 15.0. The van der Waals surface area contributed by atoms with Gasteiger partial charge in [0.15, 0.2) is 17.3 Å². The van der Waals surface area contributed by atoms with Gasteiger partial charge in [-0.15, -0.1) is 0 Å². The van der Waals surface area contributed by atoms with Gasteiger partial charge in [0, 0.05) is 23.4 Å². The van der Waals surface area contributed by atoms with Crippen molar-refractivity contribution in [2.45, 2.75) is 33.1 Å². The van der Waals surface area contributed by atoms with Crippen LogP contribution >= 0.6 is 0 Å². The summed E-state index contributed by atoms with van der Waals surface area (Å²) in [5.41, 5.74) is 9.25. The third kappa shape index (κ3) is 2.44. The number of aromatic nitrogens is 5. The number of nitrogen functional groups attached to an aromatic ring is 1. The van der Waals surface area contributed by atoms with Gasteiger partial charge in [0.1, 0.15) is 11.3 Å². The molecule has 3 rings (SSSR count). The van der Waals surface area contributed by atoms with Crippen molar-refractivity contribution >= 4 is 17.0 Å². The van der Waals surface area contributed by atoms with Crippen LogP contribution in [0.2, 0.25) is 0 Å². The van der Waals surface area contributed by atoms with Gasteiger partial charge in [0.2, 0.25) is 0 Å². The molecule has 0 aliphatic carbocycles. The average Bonchev–Trinajstić information content (AvgIpc) is 2.92. The van der Waals surface area contributed by atoms with Gasteiger partial charge in [0.25, 0.3) is 0 Å². The lowest BCUT2D eigenvalue weighted by molar-refractivity contribution is 0.798. The van der Waals surface area contributed by atoms with Gasteiger partial charge >= 0.3 is 0 Å². The van der Waals surface area contributed by atoms with E-state index in [1.165, 1.54) is 0 Å². The first kappa shape index (κ1) is 13.5. The summed E-state index contributed by atoms with van der Waals surface area (Å²) < 4.78 is 0. The first-order valence-electron chi connectivity index (χ1n) is 7.07. The molecule has 0 saturated carbocycles. The maximum Gasteiger partial charge on any atom is 0.164 e. The van der Waals surface area contributed by atoms with E-state index < -0.39 is 0 Å². The first-order chi connectivity index (χ1) is 10.1. The lowest BCUT2D eigenvalue weighted by Gasteiger charge is -2.03. The third-order valence-electron chi connectivity index (χ3n) is 3.37. The van der Waals surface area contributed by atoms with E-state index in [0.717, 1.165) is 23.5 Å². The number of aryl methyl sites for hydroxylation is 1. The molecule has 0 spiro atoms. The Morgan fingerprint density at radius 3 is 2.76 bits per heavy atom. The van der Waals surface area contributed by atoms with E-state index in [9.17, 15) is 0 Å². The van der Waals surface area contributed by atoms with Crippen molar-refractivity contribution in [2.24, 2.45) is 0 Å². The minimum atomic E-state index is 0.287. The van der Waals surface area contributed by atoms with Crippen LogP contribution in [0.4, 0.5) is 5.82 Å². The Bertz CT molecular complexity index is 790. The predicted molar refractivity (Wildman–Crippen MR) is 82.8 cm³/mol. The summed E-state index contributed by atoms with van der Waals surface area (Å²) in [6, 6.07) is 3.87. The molecule has 3 aromatic heterocycles. The van der Waals surface area contributed by atoms with Crippen molar-refractivity contribution in [1.82, 2.24) is 24.9 Å². The smallest absolute Gasteiger partial charge is 0.164 e. The fourth-order valence-corrected chi connectivity index (χ4v) is 2.15. The monoisotopic (exact) mass is 282 g/mol. The van der Waals surface area contributed by atoms with Crippen LogP contribution < -0.4 is 5.73 Å². The molecule has 0 atom stereocenters. The number of rotatable bonds is 3. The van der Waals surface area contributed by atoms with Gasteiger partial charge in [-0.25, -0.2) is 15.0 Å². The highest BCUT2D eigenvalue weighted by Gasteiger charge is 2.13. The number of hydrogen-bond acceptors (Lipinski definition) is 5. The number of nitrogens with two attached hydrogens (primary N) is 1. The van der Waals surface area contributed by atoms with Crippen LogP contribution in [0, 0.1) is 0 Å². The van der Waals surface area contributed by atoms with E-state index in [1.54, 1.807) is 6.20 Å². The summed E-state index contributed by atoms with van der Waals surface area (Å²) >= 11 is 0. The molecule has 0 bridgehead atoms. The number of anilines is 1. The number of nitrogens with zero attached hydrogens (tertiary/aromatic N) is 4. The third-order valence-corrected chi connectivity index (χ3v) is 3.37. The number of imidazole rings is 1. The summed E-state index contributed by atoms with van der Waals surface area (Å²) in [6.07, 6.45) is 2.64. The Morgan fingerprint density at radius 1 is 1.24 bits per heavy atom. The summed E-state index contributed by atoms with van der Waals surface area (Å²) in [4.78, 5) is 20.9. The van der Waals surface area contributed by atoms with Crippen LogP contribution in [-0.4, -0.2) is 24.9 Å². The average molecular weight is 282 g/mol. The number of aromatic amines is 1. The minimum Gasteiger partial charge on any atom is -0.382 e. The van der Waals surface area contributed by atoms with E-state index >= 15 is 0 Å². The fourth-order valence-electron chi connectivity index (χ4n) is 2.15. The number of fused-ring (bicyclic) bond motifs is 1. The summed E-state index contributed by atoms with van der Waals surface area (Å²) in [7, 11) is 0. The molecule has 3 aromatic rings. The molecule has 0 amide bonds. The van der Waals surface area contributed by atoms with E-state index in [1.807, 2.05) is 12.1 Å². The van der Waals surface area contributed by atoms with Gasteiger partial charge in [-0.3, -0.25) is 4.98 Å². The van der Waals surface area contributed by atoms with E-state index in [2.05, 4.69) is 45.7 Å². The second-order valence-corrected chi connectivity index (χ2v) is 5.30. The van der Waals surface area contributed by atoms with Gasteiger partial charge in [0.05, 0.1) is 0 Å². The molecule has 6 heteroatoms. The SMILES string of the molecule is CCc1cc(-c2nc(N)c3nc(C(C)C)[nH]c3n2)ccn1. The molecule has 0 aliphatic heterocycles. The van der Waals surface area contributed by atoms with E-state index in [0.29, 0.717) is 22.8 Å². The molecule has 0 aromatic carbocycles. The summed E-state index contributed by atoms with van der Waals surface area (Å²) in [6.45, 7) is 6.20. The van der Waals surface area contributed by atoms with Crippen LogP contribution in [0.5, 0.6) is 0 Å². The van der Waals surface area contributed by atoms with Gasteiger partial charge in [-0.1, -0.05) is 20.8 Å². The van der Waals surface area contributed by atoms with E-state index in [-0.39, 0.29) is 5.92 Å². The number of H-pyrrole nitrogens is 1. The molecule has 108 valence electrons. The van der Waals surface area contributed by atoms with Crippen LogP contribution in [0.25, 0.3) is 22.6 Å². The minimum absolute atomic E-state index is 0.287. The maximum atomic E-state index is 6.03. The van der Waals surface area contributed by atoms with Crippen LogP contribution in [-0.2, 0) is 6.42 Å². The molecule has 0 radical (unpaired) electrons. The number of nitrogens with one attached hydrogen (secondary N) is 1. The molecular weight excluding hydrogens is 264 g/mol. The van der Waals surface area contributed by atoms with Crippen LogP contribution in [0.15, 0.2) is 18.3 Å². The topological polar surface area (TPSA) is 93.4 Å². The molecule has 3 heterocycles. The van der Waals surface area contributed by atoms with Crippen molar-refractivity contribution in [2.75, 3.05) is 5.73 Å². The van der Waals surface area contributed by atoms with Crippen molar-refractivity contribution in [3.8, 4) is 11.4 Å². The van der Waals surface area contributed by atoms with Crippen LogP contribution in [0.1, 0.15) is 38.2 Å². The molecule has 6 nitrogen and oxygen atoms in total. The Hall–Kier alpha value is -2.50. The molecule has 0 saturated heterocycles. The lowest BCUT2D eigenvalue weighted by Crippen LogP contribution is -1.98. The Balaban J connectivity index is 2.15. The van der Waals surface area contributed by atoms with Crippen molar-refractivity contribution < 1.29 is 0 Å². The molecular formula is C15H18N6. The molecule has 3 N–H and O–H groups in total. The van der Waals surface area contributed by atoms with Crippen molar-refractivity contribution in [3.63, 3.8) is 0 Å².